The van der Waals surface area contributed by atoms with Crippen molar-refractivity contribution in [3.05, 3.63) is 11.1 Å². The quantitative estimate of drug-likeness (QED) is 0.448. The van der Waals surface area contributed by atoms with Crippen LogP contribution in [0.4, 0.5) is 0 Å². The van der Waals surface area contributed by atoms with Gasteiger partial charge < -0.3 is 0 Å². The van der Waals surface area contributed by atoms with E-state index in [2.05, 4.69) is 12.2 Å². The summed E-state index contributed by atoms with van der Waals surface area (Å²) in [5.74, 6) is 0.187. The topological polar surface area (TPSA) is 46.2 Å². The summed E-state index contributed by atoms with van der Waals surface area (Å²) in [6.07, 6.45) is 3.61. The molecule has 0 radical (unpaired) electrons. The second-order valence-electron chi connectivity index (χ2n) is 3.85. The summed E-state index contributed by atoms with van der Waals surface area (Å²) in [6, 6.07) is 0. The van der Waals surface area contributed by atoms with E-state index in [1.165, 1.54) is 5.57 Å². The number of allylic oxidation sites excluding steroid dienone is 1. The molecule has 2 fully saturated rings. The van der Waals surface area contributed by atoms with Crippen molar-refractivity contribution in [1.29, 1.82) is 0 Å². The molecule has 2 rings (SSSR count). The molecule has 3 heteroatoms. The Kier molecular flexibility index (Phi) is 1.94. The molecule has 1 unspecified atom stereocenters. The number of hydrogen-bond donors (Lipinski definition) is 1. The summed E-state index contributed by atoms with van der Waals surface area (Å²) in [5, 5.41) is 2.33. The molecule has 1 saturated heterocycles. The van der Waals surface area contributed by atoms with Gasteiger partial charge in [-0.1, -0.05) is 12.5 Å². The molecule has 1 atom stereocenters. The minimum absolute atomic E-state index is 0.147. The third-order valence-corrected chi connectivity index (χ3v) is 2.93. The molecule has 70 valence electrons. The molecule has 0 bridgehead atoms. The lowest BCUT2D eigenvalue weighted by Crippen LogP contribution is -2.20. The molecule has 1 aliphatic heterocycles. The standard InChI is InChI=1S/C10H13NO2/c1-6-3-2-4-7(6)8-5-9(12)11-10(8)13/h6H,2-5H2,1H3,(H,11,12,13)/b8-7-. The van der Waals surface area contributed by atoms with E-state index >= 15 is 0 Å². The summed E-state index contributed by atoms with van der Waals surface area (Å²) >= 11 is 0. The second-order valence-corrected chi connectivity index (χ2v) is 3.85. The first-order valence-electron chi connectivity index (χ1n) is 4.74. The minimum Gasteiger partial charge on any atom is -0.292 e. The Morgan fingerprint density at radius 1 is 1.38 bits per heavy atom. The third kappa shape index (κ3) is 1.39. The maximum Gasteiger partial charge on any atom is 0.254 e. The lowest BCUT2D eigenvalue weighted by molar-refractivity contribution is -0.124. The van der Waals surface area contributed by atoms with Crippen LogP contribution in [0, 0.1) is 5.92 Å². The highest BCUT2D eigenvalue weighted by atomic mass is 16.2. The molecule has 0 aromatic carbocycles. The van der Waals surface area contributed by atoms with Gasteiger partial charge in [0, 0.05) is 5.57 Å². The first kappa shape index (κ1) is 8.48. The van der Waals surface area contributed by atoms with E-state index in [1.807, 2.05) is 0 Å². The van der Waals surface area contributed by atoms with Gasteiger partial charge in [-0.15, -0.1) is 0 Å². The van der Waals surface area contributed by atoms with E-state index in [-0.39, 0.29) is 11.8 Å². The fourth-order valence-corrected chi connectivity index (χ4v) is 2.21. The van der Waals surface area contributed by atoms with Crippen molar-refractivity contribution in [3.8, 4) is 0 Å². The molecular weight excluding hydrogens is 166 g/mol. The Morgan fingerprint density at radius 3 is 2.62 bits per heavy atom. The Labute approximate surface area is 77.2 Å². The third-order valence-electron chi connectivity index (χ3n) is 2.93. The zero-order chi connectivity index (χ0) is 9.42. The zero-order valence-electron chi connectivity index (χ0n) is 7.72. The van der Waals surface area contributed by atoms with Crippen LogP contribution < -0.4 is 5.32 Å². The first-order valence-corrected chi connectivity index (χ1v) is 4.74. The van der Waals surface area contributed by atoms with Crippen molar-refractivity contribution in [3.63, 3.8) is 0 Å². The number of carbonyl (C=O) groups is 2. The molecule has 13 heavy (non-hydrogen) atoms. The van der Waals surface area contributed by atoms with Crippen molar-refractivity contribution in [1.82, 2.24) is 5.32 Å². The largest absolute Gasteiger partial charge is 0.292 e. The predicted octanol–water partition coefficient (Wildman–Crippen LogP) is 1.15. The van der Waals surface area contributed by atoms with Gasteiger partial charge in [0.05, 0.1) is 6.42 Å². The molecule has 3 nitrogen and oxygen atoms in total. The van der Waals surface area contributed by atoms with E-state index < -0.39 is 0 Å². The number of hydrogen-bond acceptors (Lipinski definition) is 2. The van der Waals surface area contributed by atoms with E-state index in [1.54, 1.807) is 0 Å². The molecule has 0 aromatic rings. The van der Waals surface area contributed by atoms with Crippen LogP contribution in [0.1, 0.15) is 32.6 Å². The van der Waals surface area contributed by atoms with Crippen molar-refractivity contribution in [2.24, 2.45) is 5.92 Å². The highest BCUT2D eigenvalue weighted by molar-refractivity contribution is 6.13. The van der Waals surface area contributed by atoms with Gasteiger partial charge in [0.15, 0.2) is 0 Å². The van der Waals surface area contributed by atoms with Gasteiger partial charge in [-0.3, -0.25) is 14.9 Å². The van der Waals surface area contributed by atoms with Crippen LogP contribution in [0.2, 0.25) is 0 Å². The number of imide groups is 1. The van der Waals surface area contributed by atoms with E-state index in [0.29, 0.717) is 12.3 Å². The molecule has 1 saturated carbocycles. The van der Waals surface area contributed by atoms with E-state index in [4.69, 9.17) is 0 Å². The maximum absolute atomic E-state index is 11.3. The SMILES string of the molecule is CC1CCC/C1=C1\CC(=O)NC1=O. The molecule has 1 aliphatic carbocycles. The second kappa shape index (κ2) is 2.98. The summed E-state index contributed by atoms with van der Waals surface area (Å²) < 4.78 is 0. The summed E-state index contributed by atoms with van der Waals surface area (Å²) in [5.41, 5.74) is 1.96. The van der Waals surface area contributed by atoms with Gasteiger partial charge in [0.1, 0.15) is 0 Å². The normalized spacial score (nSPS) is 34.1. The van der Waals surface area contributed by atoms with Crippen molar-refractivity contribution in [2.45, 2.75) is 32.6 Å². The Hall–Kier alpha value is -1.12. The summed E-state index contributed by atoms with van der Waals surface area (Å²) in [6.45, 7) is 2.13. The Morgan fingerprint density at radius 2 is 2.15 bits per heavy atom. The van der Waals surface area contributed by atoms with E-state index in [0.717, 1.165) is 24.8 Å². The van der Waals surface area contributed by atoms with Crippen LogP contribution >= 0.6 is 0 Å². The Bertz CT molecular complexity index is 304. The molecule has 1 N–H and O–H groups in total. The van der Waals surface area contributed by atoms with Gasteiger partial charge in [-0.25, -0.2) is 0 Å². The van der Waals surface area contributed by atoms with Crippen LogP contribution in [0.15, 0.2) is 11.1 Å². The number of nitrogens with one attached hydrogen (secondary N) is 1. The fourth-order valence-electron chi connectivity index (χ4n) is 2.21. The molecule has 0 spiro atoms. The van der Waals surface area contributed by atoms with E-state index in [9.17, 15) is 9.59 Å². The molecule has 2 aliphatic rings. The van der Waals surface area contributed by atoms with Crippen molar-refractivity contribution < 1.29 is 9.59 Å². The van der Waals surface area contributed by atoms with Gasteiger partial charge in [0.25, 0.3) is 5.91 Å². The minimum atomic E-state index is -0.159. The maximum atomic E-state index is 11.3. The summed E-state index contributed by atoms with van der Waals surface area (Å²) in [4.78, 5) is 22.3. The lowest BCUT2D eigenvalue weighted by atomic mass is 9.98. The monoisotopic (exact) mass is 179 g/mol. The molecule has 0 aromatic heterocycles. The highest BCUT2D eigenvalue weighted by Crippen LogP contribution is 2.34. The smallest absolute Gasteiger partial charge is 0.254 e. The molecule has 1 heterocycles. The van der Waals surface area contributed by atoms with Gasteiger partial charge in [-0.05, 0) is 25.2 Å². The van der Waals surface area contributed by atoms with Crippen LogP contribution in [0.3, 0.4) is 0 Å². The van der Waals surface area contributed by atoms with Crippen LogP contribution in [-0.4, -0.2) is 11.8 Å². The van der Waals surface area contributed by atoms with Gasteiger partial charge in [-0.2, -0.15) is 0 Å². The number of amides is 2. The molecular formula is C10H13NO2. The molecule has 2 amide bonds. The van der Waals surface area contributed by atoms with Gasteiger partial charge in [0.2, 0.25) is 5.91 Å². The van der Waals surface area contributed by atoms with Crippen LogP contribution in [-0.2, 0) is 9.59 Å². The lowest BCUT2D eigenvalue weighted by Gasteiger charge is -2.06. The number of rotatable bonds is 0. The first-order chi connectivity index (χ1) is 6.18. The van der Waals surface area contributed by atoms with Crippen molar-refractivity contribution >= 4 is 11.8 Å². The average Bonchev–Trinajstić information content (AvgIpc) is 2.58. The number of carbonyl (C=O) groups excluding carboxylic acids is 2. The predicted molar refractivity (Wildman–Crippen MR) is 47.8 cm³/mol. The average molecular weight is 179 g/mol. The van der Waals surface area contributed by atoms with Crippen LogP contribution in [0.25, 0.3) is 0 Å². The Balaban J connectivity index is 2.32. The zero-order valence-corrected chi connectivity index (χ0v) is 7.72. The van der Waals surface area contributed by atoms with Crippen LogP contribution in [0.5, 0.6) is 0 Å². The summed E-state index contributed by atoms with van der Waals surface area (Å²) in [7, 11) is 0. The fraction of sp³-hybridized carbons (Fsp3) is 0.600. The highest BCUT2D eigenvalue weighted by Gasteiger charge is 2.30. The van der Waals surface area contributed by atoms with Gasteiger partial charge >= 0.3 is 0 Å². The van der Waals surface area contributed by atoms with Crippen molar-refractivity contribution in [2.75, 3.05) is 0 Å².